The number of halogens is 1. The Balaban J connectivity index is 0.00000370. The smallest absolute Gasteiger partial charge is 0.141 e. The van der Waals surface area contributed by atoms with Gasteiger partial charge < -0.3 is 0 Å². The minimum absolute atomic E-state index is 0. The molecule has 4 aromatic carbocycles. The van der Waals surface area contributed by atoms with Crippen LogP contribution < -0.4 is 0 Å². The van der Waals surface area contributed by atoms with Gasteiger partial charge >= 0.3 is 0 Å². The first-order valence-corrected chi connectivity index (χ1v) is 14.4. The summed E-state index contributed by atoms with van der Waals surface area (Å²) >= 11 is 0. The maximum absolute atomic E-state index is 14.0. The zero-order valence-electron chi connectivity index (χ0n) is 23.3. The van der Waals surface area contributed by atoms with Crippen LogP contribution >= 0.6 is 12.4 Å². The number of hydrogen-bond donors (Lipinski definition) is 0. The summed E-state index contributed by atoms with van der Waals surface area (Å²) in [5.41, 5.74) is 5.19. The molecular weight excluding hydrogens is 512 g/mol. The molecule has 0 aliphatic heterocycles. The molecule has 0 amide bonds. The fraction of sp³-hybridized carbons (Fsp3) is 0.306. The Morgan fingerprint density at radius 2 is 0.750 bits per heavy atom. The lowest BCUT2D eigenvalue weighted by molar-refractivity contribution is -0.130. The number of benzene rings is 4. The molecule has 1 aliphatic rings. The van der Waals surface area contributed by atoms with Crippen LogP contribution in [0.25, 0.3) is 0 Å². The van der Waals surface area contributed by atoms with Crippen LogP contribution in [0.2, 0.25) is 0 Å². The van der Waals surface area contributed by atoms with Gasteiger partial charge in [-0.25, -0.2) is 0 Å². The predicted molar refractivity (Wildman–Crippen MR) is 167 cm³/mol. The molecule has 0 radical (unpaired) electrons. The third-order valence-electron chi connectivity index (χ3n) is 7.86. The number of nitrogens with zero attached hydrogens (tertiary/aromatic N) is 2. The maximum atomic E-state index is 14.0. The number of Topliss-reactive ketones (excluding diaryl/α,β-unsaturated/α-hetero) is 1. The van der Waals surface area contributed by atoms with Crippen molar-refractivity contribution in [2.75, 3.05) is 13.1 Å². The van der Waals surface area contributed by atoms with Gasteiger partial charge in [0.25, 0.3) is 0 Å². The first-order valence-electron chi connectivity index (χ1n) is 14.4. The van der Waals surface area contributed by atoms with Gasteiger partial charge in [-0.2, -0.15) is 0 Å². The molecule has 0 bridgehead atoms. The highest BCUT2D eigenvalue weighted by atomic mass is 35.5. The molecule has 2 unspecified atom stereocenters. The molecule has 0 N–H and O–H groups in total. The van der Waals surface area contributed by atoms with Crippen molar-refractivity contribution in [2.24, 2.45) is 11.8 Å². The van der Waals surface area contributed by atoms with Gasteiger partial charge in [-0.1, -0.05) is 128 Å². The molecule has 1 aliphatic carbocycles. The standard InChI is InChI=1S/C36H40N2O.ClH/c39-36-34(28-37(24-30-14-5-1-6-15-30)25-31-16-7-2-8-17-31)22-13-23-35(36)29-38(26-32-18-9-3-10-19-32)27-33-20-11-4-12-21-33;/h1-12,14-21,34-35H,13,22-29H2;1H. The quantitative estimate of drug-likeness (QED) is 0.179. The van der Waals surface area contributed by atoms with E-state index in [1.54, 1.807) is 0 Å². The van der Waals surface area contributed by atoms with Crippen molar-refractivity contribution in [1.82, 2.24) is 9.80 Å². The number of hydrogen-bond acceptors (Lipinski definition) is 3. The number of rotatable bonds is 12. The van der Waals surface area contributed by atoms with Crippen LogP contribution in [0.4, 0.5) is 0 Å². The number of carbonyl (C=O) groups excluding carboxylic acids is 1. The molecule has 0 aromatic heterocycles. The van der Waals surface area contributed by atoms with Crippen LogP contribution in [0.1, 0.15) is 41.5 Å². The third-order valence-corrected chi connectivity index (χ3v) is 7.86. The first kappa shape index (κ1) is 29.7. The van der Waals surface area contributed by atoms with E-state index in [1.807, 2.05) is 0 Å². The van der Waals surface area contributed by atoms with E-state index in [0.29, 0.717) is 5.78 Å². The van der Waals surface area contributed by atoms with Gasteiger partial charge in [0.2, 0.25) is 0 Å². The largest absolute Gasteiger partial charge is 0.299 e. The topological polar surface area (TPSA) is 23.6 Å². The van der Waals surface area contributed by atoms with Crippen molar-refractivity contribution in [3.63, 3.8) is 0 Å². The average molecular weight is 553 g/mol. The van der Waals surface area contributed by atoms with E-state index in [4.69, 9.17) is 0 Å². The lowest BCUT2D eigenvalue weighted by Crippen LogP contribution is -2.42. The van der Waals surface area contributed by atoms with Crippen molar-refractivity contribution in [3.8, 4) is 0 Å². The van der Waals surface area contributed by atoms with E-state index in [2.05, 4.69) is 131 Å². The fourth-order valence-corrected chi connectivity index (χ4v) is 5.95. The number of ketones is 1. The summed E-state index contributed by atoms with van der Waals surface area (Å²) in [6.45, 7) is 5.07. The van der Waals surface area contributed by atoms with Crippen LogP contribution in [0.5, 0.6) is 0 Å². The number of carbonyl (C=O) groups is 1. The Morgan fingerprint density at radius 3 is 1.02 bits per heavy atom. The first-order chi connectivity index (χ1) is 19.2. The SMILES string of the molecule is Cl.O=C1C(CN(Cc2ccccc2)Cc2ccccc2)CCCC1CN(Cc1ccccc1)Cc1ccccc1. The highest BCUT2D eigenvalue weighted by molar-refractivity contribution is 5.85. The highest BCUT2D eigenvalue weighted by Gasteiger charge is 2.33. The van der Waals surface area contributed by atoms with Gasteiger partial charge in [0.15, 0.2) is 0 Å². The van der Waals surface area contributed by atoms with Crippen LogP contribution in [0.15, 0.2) is 121 Å². The van der Waals surface area contributed by atoms with E-state index < -0.39 is 0 Å². The lowest BCUT2D eigenvalue weighted by atomic mass is 9.79. The van der Waals surface area contributed by atoms with E-state index in [9.17, 15) is 4.79 Å². The van der Waals surface area contributed by atoms with Crippen molar-refractivity contribution in [1.29, 1.82) is 0 Å². The average Bonchev–Trinajstić information content (AvgIpc) is 2.97. The van der Waals surface area contributed by atoms with Gasteiger partial charge in [-0.3, -0.25) is 14.6 Å². The van der Waals surface area contributed by atoms with Crippen molar-refractivity contribution in [3.05, 3.63) is 144 Å². The molecule has 4 heteroatoms. The van der Waals surface area contributed by atoms with Crippen LogP contribution in [0.3, 0.4) is 0 Å². The Labute approximate surface area is 246 Å². The summed E-state index contributed by atoms with van der Waals surface area (Å²) in [6, 6.07) is 42.6. The molecule has 1 fully saturated rings. The fourth-order valence-electron chi connectivity index (χ4n) is 5.95. The van der Waals surface area contributed by atoms with Crippen molar-refractivity contribution in [2.45, 2.75) is 45.4 Å². The molecule has 3 nitrogen and oxygen atoms in total. The second kappa shape index (κ2) is 15.5. The van der Waals surface area contributed by atoms with Gasteiger partial charge in [0, 0.05) is 51.1 Å². The maximum Gasteiger partial charge on any atom is 0.141 e. The Hall–Kier alpha value is -3.24. The summed E-state index contributed by atoms with van der Waals surface area (Å²) in [5.74, 6) is 0.636. The van der Waals surface area contributed by atoms with Gasteiger partial charge in [0.1, 0.15) is 5.78 Å². The third kappa shape index (κ3) is 8.89. The van der Waals surface area contributed by atoms with E-state index in [1.165, 1.54) is 22.3 Å². The van der Waals surface area contributed by atoms with Gasteiger partial charge in [-0.15, -0.1) is 12.4 Å². The molecule has 0 spiro atoms. The summed E-state index contributed by atoms with van der Waals surface area (Å²) in [5, 5.41) is 0. The van der Waals surface area contributed by atoms with E-state index in [0.717, 1.165) is 58.5 Å². The second-order valence-corrected chi connectivity index (χ2v) is 11.0. The van der Waals surface area contributed by atoms with E-state index >= 15 is 0 Å². The molecule has 0 saturated heterocycles. The van der Waals surface area contributed by atoms with Crippen molar-refractivity contribution >= 4 is 18.2 Å². The molecule has 1 saturated carbocycles. The van der Waals surface area contributed by atoms with Crippen LogP contribution in [-0.4, -0.2) is 28.7 Å². The Kier molecular flexibility index (Phi) is 11.5. The monoisotopic (exact) mass is 552 g/mol. The lowest BCUT2D eigenvalue weighted by Gasteiger charge is -2.35. The second-order valence-electron chi connectivity index (χ2n) is 11.0. The zero-order valence-corrected chi connectivity index (χ0v) is 24.1. The Bertz CT molecular complexity index is 1090. The van der Waals surface area contributed by atoms with Crippen molar-refractivity contribution < 1.29 is 4.79 Å². The highest BCUT2D eigenvalue weighted by Crippen LogP contribution is 2.29. The summed E-state index contributed by atoms with van der Waals surface area (Å²) in [7, 11) is 0. The normalized spacial score (nSPS) is 17.1. The predicted octanol–water partition coefficient (Wildman–Crippen LogP) is 7.80. The minimum Gasteiger partial charge on any atom is -0.299 e. The van der Waals surface area contributed by atoms with Gasteiger partial charge in [0.05, 0.1) is 0 Å². The minimum atomic E-state index is 0. The van der Waals surface area contributed by atoms with Crippen LogP contribution in [0, 0.1) is 11.8 Å². The zero-order chi connectivity index (χ0) is 26.7. The Morgan fingerprint density at radius 1 is 0.475 bits per heavy atom. The molecule has 4 aromatic rings. The summed E-state index contributed by atoms with van der Waals surface area (Å²) < 4.78 is 0. The molecule has 208 valence electrons. The van der Waals surface area contributed by atoms with Gasteiger partial charge in [-0.05, 0) is 35.1 Å². The molecule has 5 rings (SSSR count). The molecular formula is C36H41ClN2O. The summed E-state index contributed by atoms with van der Waals surface area (Å²) in [6.07, 6.45) is 3.11. The van der Waals surface area contributed by atoms with E-state index in [-0.39, 0.29) is 24.2 Å². The summed E-state index contributed by atoms with van der Waals surface area (Å²) in [4.78, 5) is 18.9. The molecule has 40 heavy (non-hydrogen) atoms. The van der Waals surface area contributed by atoms with Crippen LogP contribution in [-0.2, 0) is 31.0 Å². The molecule has 0 heterocycles. The molecule has 2 atom stereocenters.